The van der Waals surface area contributed by atoms with Crippen molar-refractivity contribution >= 4 is 11.9 Å². The Morgan fingerprint density at radius 2 is 1.90 bits per heavy atom. The molecule has 0 fully saturated rings. The van der Waals surface area contributed by atoms with Gasteiger partial charge in [-0.05, 0) is 17.7 Å². The van der Waals surface area contributed by atoms with E-state index >= 15 is 0 Å². The van der Waals surface area contributed by atoms with Crippen LogP contribution in [0.4, 0.5) is 4.39 Å². The molecule has 0 bridgehead atoms. The molecule has 0 atom stereocenters. The maximum Gasteiger partial charge on any atom is 0.188 e. The van der Waals surface area contributed by atoms with Crippen molar-refractivity contribution < 1.29 is 13.9 Å². The van der Waals surface area contributed by atoms with Gasteiger partial charge >= 0.3 is 0 Å². The summed E-state index contributed by atoms with van der Waals surface area (Å²) in [5.74, 6) is -0.641. The third-order valence-electron chi connectivity index (χ3n) is 2.70. The SMILES string of the molecule is O=C(COCC=Cc1ccccc1)c1cccc(F)c1. The summed E-state index contributed by atoms with van der Waals surface area (Å²) in [5.41, 5.74) is 1.41. The summed E-state index contributed by atoms with van der Waals surface area (Å²) in [6.45, 7) is 0.290. The lowest BCUT2D eigenvalue weighted by molar-refractivity contribution is 0.0806. The molecular weight excluding hydrogens is 255 g/mol. The zero-order valence-electron chi connectivity index (χ0n) is 11.0. The van der Waals surface area contributed by atoms with E-state index in [2.05, 4.69) is 0 Å². The number of hydrogen-bond acceptors (Lipinski definition) is 2. The fourth-order valence-electron chi connectivity index (χ4n) is 1.71. The van der Waals surface area contributed by atoms with E-state index in [0.29, 0.717) is 12.2 Å². The van der Waals surface area contributed by atoms with Gasteiger partial charge in [0.25, 0.3) is 0 Å². The summed E-state index contributed by atoms with van der Waals surface area (Å²) in [7, 11) is 0. The third kappa shape index (κ3) is 4.44. The van der Waals surface area contributed by atoms with E-state index < -0.39 is 5.82 Å². The summed E-state index contributed by atoms with van der Waals surface area (Å²) in [5, 5.41) is 0. The molecule has 102 valence electrons. The first-order chi connectivity index (χ1) is 9.75. The van der Waals surface area contributed by atoms with Crippen molar-refractivity contribution in [3.63, 3.8) is 0 Å². The van der Waals surface area contributed by atoms with E-state index in [4.69, 9.17) is 4.74 Å². The molecule has 0 saturated heterocycles. The molecule has 20 heavy (non-hydrogen) atoms. The maximum atomic E-state index is 13.0. The highest BCUT2D eigenvalue weighted by Crippen LogP contribution is 2.05. The molecule has 0 N–H and O–H groups in total. The predicted octanol–water partition coefficient (Wildman–Crippen LogP) is 3.74. The van der Waals surface area contributed by atoms with Crippen LogP contribution in [0.25, 0.3) is 6.08 Å². The van der Waals surface area contributed by atoms with Crippen molar-refractivity contribution in [1.29, 1.82) is 0 Å². The van der Waals surface area contributed by atoms with Crippen LogP contribution in [-0.4, -0.2) is 19.0 Å². The number of Topliss-reactive ketones (excluding diaryl/α,β-unsaturated/α-hetero) is 1. The van der Waals surface area contributed by atoms with Crippen molar-refractivity contribution in [1.82, 2.24) is 0 Å². The van der Waals surface area contributed by atoms with Crippen LogP contribution in [0.5, 0.6) is 0 Å². The van der Waals surface area contributed by atoms with E-state index in [9.17, 15) is 9.18 Å². The molecule has 0 heterocycles. The van der Waals surface area contributed by atoms with Gasteiger partial charge in [0, 0.05) is 5.56 Å². The van der Waals surface area contributed by atoms with Crippen LogP contribution in [0.1, 0.15) is 15.9 Å². The summed E-state index contributed by atoms with van der Waals surface area (Å²) in [4.78, 5) is 11.7. The normalized spacial score (nSPS) is 10.8. The Labute approximate surface area is 117 Å². The molecule has 0 saturated carbocycles. The monoisotopic (exact) mass is 270 g/mol. The second-order valence-corrected chi connectivity index (χ2v) is 4.26. The molecule has 0 radical (unpaired) electrons. The molecule has 0 unspecified atom stereocenters. The topological polar surface area (TPSA) is 26.3 Å². The number of halogens is 1. The fourth-order valence-corrected chi connectivity index (χ4v) is 1.71. The largest absolute Gasteiger partial charge is 0.369 e. The fraction of sp³-hybridized carbons (Fsp3) is 0.118. The molecule has 2 aromatic rings. The average molecular weight is 270 g/mol. The highest BCUT2D eigenvalue weighted by molar-refractivity contribution is 5.97. The van der Waals surface area contributed by atoms with Gasteiger partial charge in [-0.15, -0.1) is 0 Å². The summed E-state index contributed by atoms with van der Waals surface area (Å²) in [6, 6.07) is 15.4. The molecule has 3 heteroatoms. The second kappa shape index (κ2) is 7.36. The van der Waals surface area contributed by atoms with Crippen LogP contribution in [0, 0.1) is 5.82 Å². The van der Waals surface area contributed by atoms with Gasteiger partial charge in [0.15, 0.2) is 5.78 Å². The van der Waals surface area contributed by atoms with E-state index in [1.807, 2.05) is 42.5 Å². The Bertz CT molecular complexity index is 591. The molecule has 0 aromatic heterocycles. The highest BCUT2D eigenvalue weighted by Gasteiger charge is 2.05. The number of ether oxygens (including phenoxy) is 1. The minimum atomic E-state index is -0.417. The van der Waals surface area contributed by atoms with E-state index in [1.165, 1.54) is 18.2 Å². The van der Waals surface area contributed by atoms with Crippen LogP contribution in [0.3, 0.4) is 0 Å². The number of ketones is 1. The van der Waals surface area contributed by atoms with Crippen molar-refractivity contribution in [2.24, 2.45) is 0 Å². The summed E-state index contributed by atoms with van der Waals surface area (Å²) in [6.07, 6.45) is 3.76. The van der Waals surface area contributed by atoms with Gasteiger partial charge in [0.2, 0.25) is 0 Å². The van der Waals surface area contributed by atoms with Gasteiger partial charge in [-0.25, -0.2) is 4.39 Å². The zero-order chi connectivity index (χ0) is 14.2. The van der Waals surface area contributed by atoms with Crippen LogP contribution in [0.2, 0.25) is 0 Å². The molecule has 0 spiro atoms. The minimum absolute atomic E-state index is 0.0530. The lowest BCUT2D eigenvalue weighted by Gasteiger charge is -2.01. The molecule has 2 rings (SSSR count). The molecule has 0 amide bonds. The molecule has 2 aromatic carbocycles. The Hall–Kier alpha value is -2.26. The lowest BCUT2D eigenvalue weighted by atomic mass is 10.1. The maximum absolute atomic E-state index is 13.0. The van der Waals surface area contributed by atoms with Crippen LogP contribution < -0.4 is 0 Å². The average Bonchev–Trinajstić information content (AvgIpc) is 2.48. The van der Waals surface area contributed by atoms with Crippen molar-refractivity contribution in [2.45, 2.75) is 0 Å². The molecule has 0 aliphatic heterocycles. The number of hydrogen-bond donors (Lipinski definition) is 0. The van der Waals surface area contributed by atoms with Gasteiger partial charge < -0.3 is 4.74 Å². The number of carbonyl (C=O) groups is 1. The Morgan fingerprint density at radius 3 is 2.65 bits per heavy atom. The van der Waals surface area contributed by atoms with Crippen LogP contribution >= 0.6 is 0 Å². The number of benzene rings is 2. The van der Waals surface area contributed by atoms with Crippen LogP contribution in [-0.2, 0) is 4.74 Å². The quantitative estimate of drug-likeness (QED) is 0.590. The van der Waals surface area contributed by atoms with E-state index in [1.54, 1.807) is 6.07 Å². The Kier molecular flexibility index (Phi) is 5.21. The zero-order valence-corrected chi connectivity index (χ0v) is 11.0. The summed E-state index contributed by atoms with van der Waals surface area (Å²) >= 11 is 0. The first-order valence-electron chi connectivity index (χ1n) is 6.34. The predicted molar refractivity (Wildman–Crippen MR) is 77.0 cm³/mol. The Balaban J connectivity index is 1.76. The van der Waals surface area contributed by atoms with Gasteiger partial charge in [-0.1, -0.05) is 54.6 Å². The number of carbonyl (C=O) groups excluding carboxylic acids is 1. The van der Waals surface area contributed by atoms with Crippen molar-refractivity contribution in [3.05, 3.63) is 77.6 Å². The smallest absolute Gasteiger partial charge is 0.188 e. The third-order valence-corrected chi connectivity index (χ3v) is 2.70. The van der Waals surface area contributed by atoms with E-state index in [0.717, 1.165) is 5.56 Å². The molecule has 0 aliphatic rings. The van der Waals surface area contributed by atoms with Crippen molar-refractivity contribution in [2.75, 3.05) is 13.2 Å². The Morgan fingerprint density at radius 1 is 1.10 bits per heavy atom. The van der Waals surface area contributed by atoms with Gasteiger partial charge in [0.1, 0.15) is 12.4 Å². The van der Waals surface area contributed by atoms with Gasteiger partial charge in [-0.2, -0.15) is 0 Å². The summed E-state index contributed by atoms with van der Waals surface area (Å²) < 4.78 is 18.2. The van der Waals surface area contributed by atoms with Gasteiger partial charge in [-0.3, -0.25) is 4.79 Å². The lowest BCUT2D eigenvalue weighted by Crippen LogP contribution is -2.09. The molecule has 2 nitrogen and oxygen atoms in total. The first-order valence-corrected chi connectivity index (χ1v) is 6.34. The standard InChI is InChI=1S/C17H15FO2/c18-16-10-4-9-15(12-16)17(19)13-20-11-5-8-14-6-2-1-3-7-14/h1-10,12H,11,13H2. The second-order valence-electron chi connectivity index (χ2n) is 4.26. The van der Waals surface area contributed by atoms with Crippen molar-refractivity contribution in [3.8, 4) is 0 Å². The highest BCUT2D eigenvalue weighted by atomic mass is 19.1. The minimum Gasteiger partial charge on any atom is -0.369 e. The van der Waals surface area contributed by atoms with Gasteiger partial charge in [0.05, 0.1) is 6.61 Å². The number of rotatable bonds is 6. The van der Waals surface area contributed by atoms with E-state index in [-0.39, 0.29) is 12.4 Å². The van der Waals surface area contributed by atoms with Crippen LogP contribution in [0.15, 0.2) is 60.7 Å². The molecular formula is C17H15FO2. The first kappa shape index (κ1) is 14.2. The molecule has 0 aliphatic carbocycles.